The number of imide groups is 1. The van der Waals surface area contributed by atoms with E-state index in [1.165, 1.54) is 29.6 Å². The van der Waals surface area contributed by atoms with Crippen LogP contribution < -0.4 is 15.5 Å². The molecule has 3 rings (SSSR count). The predicted octanol–water partition coefficient (Wildman–Crippen LogP) is 3.11. The molecule has 0 bridgehead atoms. The smallest absolute Gasteiger partial charge is 0.313 e. The van der Waals surface area contributed by atoms with E-state index < -0.39 is 29.7 Å². The molecule has 2 N–H and O–H groups in total. The standard InChI is InChI=1S/C17H14F3N3O3S/c1-9-5-6-11(8-10(9)2)23-14(25)16(17(18,19)20,22-15(23)26)21-13(24)12-4-3-7-27-12/h3-8H,1-2H3,(H,21,24)(H,22,26). The van der Waals surface area contributed by atoms with Gasteiger partial charge < -0.3 is 5.32 Å². The molecular weight excluding hydrogens is 383 g/mol. The van der Waals surface area contributed by atoms with Gasteiger partial charge in [-0.2, -0.15) is 13.2 Å². The van der Waals surface area contributed by atoms with E-state index in [-0.39, 0.29) is 10.6 Å². The molecule has 1 unspecified atom stereocenters. The SMILES string of the molecule is Cc1ccc(N2C(=O)NC(NC(=O)c3cccs3)(C(F)(F)F)C2=O)cc1C. The first-order valence-electron chi connectivity index (χ1n) is 7.73. The fraction of sp³-hybridized carbons (Fsp3) is 0.235. The molecule has 1 aromatic carbocycles. The molecule has 142 valence electrons. The van der Waals surface area contributed by atoms with E-state index in [2.05, 4.69) is 0 Å². The molecule has 1 fully saturated rings. The van der Waals surface area contributed by atoms with E-state index in [9.17, 15) is 27.6 Å². The van der Waals surface area contributed by atoms with Gasteiger partial charge in [0.25, 0.3) is 17.5 Å². The zero-order valence-corrected chi connectivity index (χ0v) is 15.0. The molecule has 1 atom stereocenters. The third-order valence-corrected chi connectivity index (χ3v) is 5.11. The van der Waals surface area contributed by atoms with Crippen molar-refractivity contribution in [3.63, 3.8) is 0 Å². The number of carbonyl (C=O) groups is 3. The van der Waals surface area contributed by atoms with Gasteiger partial charge in [0.15, 0.2) is 0 Å². The molecule has 2 heterocycles. The van der Waals surface area contributed by atoms with Gasteiger partial charge in [-0.3, -0.25) is 14.9 Å². The third kappa shape index (κ3) is 3.05. The van der Waals surface area contributed by atoms with Crippen molar-refractivity contribution in [2.75, 3.05) is 4.90 Å². The van der Waals surface area contributed by atoms with E-state index >= 15 is 0 Å². The maximum absolute atomic E-state index is 13.8. The van der Waals surface area contributed by atoms with Crippen molar-refractivity contribution in [1.82, 2.24) is 10.6 Å². The van der Waals surface area contributed by atoms with E-state index in [0.717, 1.165) is 16.9 Å². The lowest BCUT2D eigenvalue weighted by atomic mass is 10.1. The Morgan fingerprint density at radius 1 is 1.19 bits per heavy atom. The molecule has 4 amide bonds. The van der Waals surface area contributed by atoms with Gasteiger partial charge in [-0.15, -0.1) is 11.3 Å². The summed E-state index contributed by atoms with van der Waals surface area (Å²) >= 11 is 0.909. The largest absolute Gasteiger partial charge is 0.440 e. The van der Waals surface area contributed by atoms with Gasteiger partial charge in [-0.05, 0) is 48.6 Å². The zero-order valence-electron chi connectivity index (χ0n) is 14.2. The summed E-state index contributed by atoms with van der Waals surface area (Å²) in [5.74, 6) is -2.73. The minimum atomic E-state index is -5.25. The van der Waals surface area contributed by atoms with Crippen molar-refractivity contribution < 1.29 is 27.6 Å². The number of thiophene rings is 1. The molecule has 0 saturated carbocycles. The Hall–Kier alpha value is -2.88. The predicted molar refractivity (Wildman–Crippen MR) is 92.5 cm³/mol. The van der Waals surface area contributed by atoms with Crippen LogP contribution in [0.4, 0.5) is 23.7 Å². The van der Waals surface area contributed by atoms with Crippen LogP contribution in [0.25, 0.3) is 0 Å². The second-order valence-corrected chi connectivity index (χ2v) is 6.97. The summed E-state index contributed by atoms with van der Waals surface area (Å²) in [6, 6.07) is 5.91. The first kappa shape index (κ1) is 18.9. The summed E-state index contributed by atoms with van der Waals surface area (Å²) in [4.78, 5) is 37.5. The van der Waals surface area contributed by atoms with Crippen LogP contribution in [0, 0.1) is 13.8 Å². The Kier molecular flexibility index (Phi) is 4.46. The molecule has 1 aliphatic heterocycles. The molecule has 1 aliphatic rings. The maximum atomic E-state index is 13.8. The van der Waals surface area contributed by atoms with Gasteiger partial charge in [-0.1, -0.05) is 12.1 Å². The highest BCUT2D eigenvalue weighted by molar-refractivity contribution is 7.12. The molecule has 0 radical (unpaired) electrons. The lowest BCUT2D eigenvalue weighted by Crippen LogP contribution is -2.69. The van der Waals surface area contributed by atoms with Gasteiger partial charge in [0.2, 0.25) is 0 Å². The molecule has 10 heteroatoms. The number of benzene rings is 1. The van der Waals surface area contributed by atoms with Crippen LogP contribution in [0.5, 0.6) is 0 Å². The molecule has 0 spiro atoms. The van der Waals surface area contributed by atoms with Crippen LogP contribution >= 0.6 is 11.3 Å². The summed E-state index contributed by atoms with van der Waals surface area (Å²) in [7, 11) is 0. The van der Waals surface area contributed by atoms with Crippen molar-refractivity contribution in [2.24, 2.45) is 0 Å². The fourth-order valence-corrected chi connectivity index (χ4v) is 3.24. The number of nitrogens with one attached hydrogen (secondary N) is 2. The van der Waals surface area contributed by atoms with Crippen LogP contribution in [0.15, 0.2) is 35.7 Å². The Balaban J connectivity index is 2.02. The first-order chi connectivity index (χ1) is 12.6. The summed E-state index contributed by atoms with van der Waals surface area (Å²) < 4.78 is 41.4. The highest BCUT2D eigenvalue weighted by Gasteiger charge is 2.69. The molecular formula is C17H14F3N3O3S. The molecule has 1 saturated heterocycles. The van der Waals surface area contributed by atoms with Gasteiger partial charge in [0.05, 0.1) is 10.6 Å². The quantitative estimate of drug-likeness (QED) is 0.782. The Bertz CT molecular complexity index is 927. The number of urea groups is 1. The number of alkyl halides is 3. The number of amides is 4. The van der Waals surface area contributed by atoms with E-state index in [0.29, 0.717) is 10.5 Å². The lowest BCUT2D eigenvalue weighted by molar-refractivity contribution is -0.197. The zero-order chi connectivity index (χ0) is 20.0. The van der Waals surface area contributed by atoms with Crippen molar-refractivity contribution in [2.45, 2.75) is 25.7 Å². The van der Waals surface area contributed by atoms with E-state index in [1.54, 1.807) is 30.5 Å². The minimum Gasteiger partial charge on any atom is -0.313 e. The van der Waals surface area contributed by atoms with Crippen LogP contribution in [-0.2, 0) is 4.79 Å². The second-order valence-electron chi connectivity index (χ2n) is 6.02. The Morgan fingerprint density at radius 2 is 1.89 bits per heavy atom. The number of rotatable bonds is 3. The highest BCUT2D eigenvalue weighted by atomic mass is 32.1. The summed E-state index contributed by atoms with van der Waals surface area (Å²) in [6.07, 6.45) is -5.25. The molecule has 6 nitrogen and oxygen atoms in total. The maximum Gasteiger partial charge on any atom is 0.440 e. The summed E-state index contributed by atoms with van der Waals surface area (Å²) in [5, 5.41) is 4.79. The number of halogens is 3. The molecule has 2 aromatic rings. The van der Waals surface area contributed by atoms with Crippen LogP contribution in [0.2, 0.25) is 0 Å². The van der Waals surface area contributed by atoms with Crippen molar-refractivity contribution in [1.29, 1.82) is 0 Å². The average Bonchev–Trinajstić information content (AvgIpc) is 3.18. The van der Waals surface area contributed by atoms with Gasteiger partial charge >= 0.3 is 12.2 Å². The first-order valence-corrected chi connectivity index (χ1v) is 8.61. The number of hydrogen-bond donors (Lipinski definition) is 2. The number of nitrogens with zero attached hydrogens (tertiary/aromatic N) is 1. The Morgan fingerprint density at radius 3 is 2.44 bits per heavy atom. The van der Waals surface area contributed by atoms with E-state index in [1.807, 2.05) is 0 Å². The monoisotopic (exact) mass is 397 g/mol. The van der Waals surface area contributed by atoms with Crippen molar-refractivity contribution in [3.05, 3.63) is 51.7 Å². The normalized spacial score (nSPS) is 20.0. The van der Waals surface area contributed by atoms with Crippen LogP contribution in [-0.4, -0.2) is 29.7 Å². The number of hydrogen-bond acceptors (Lipinski definition) is 4. The summed E-state index contributed by atoms with van der Waals surface area (Å²) in [5.41, 5.74) is -2.01. The third-order valence-electron chi connectivity index (χ3n) is 4.24. The molecule has 0 aliphatic carbocycles. The van der Waals surface area contributed by atoms with Crippen LogP contribution in [0.3, 0.4) is 0 Å². The molecule has 27 heavy (non-hydrogen) atoms. The lowest BCUT2D eigenvalue weighted by Gasteiger charge is -2.29. The van der Waals surface area contributed by atoms with Gasteiger partial charge in [0, 0.05) is 0 Å². The fourth-order valence-electron chi connectivity index (χ4n) is 2.62. The van der Waals surface area contributed by atoms with Crippen LogP contribution in [0.1, 0.15) is 20.8 Å². The average molecular weight is 397 g/mol. The number of aryl methyl sites for hydroxylation is 2. The number of carbonyl (C=O) groups excluding carboxylic acids is 3. The minimum absolute atomic E-state index is 0.0166. The van der Waals surface area contributed by atoms with Gasteiger partial charge in [0.1, 0.15) is 0 Å². The van der Waals surface area contributed by atoms with Crippen molar-refractivity contribution in [3.8, 4) is 0 Å². The number of anilines is 1. The molecule has 1 aromatic heterocycles. The topological polar surface area (TPSA) is 78.5 Å². The van der Waals surface area contributed by atoms with Gasteiger partial charge in [-0.25, -0.2) is 9.69 Å². The van der Waals surface area contributed by atoms with Crippen molar-refractivity contribution >= 4 is 34.9 Å². The summed E-state index contributed by atoms with van der Waals surface area (Å²) in [6.45, 7) is 3.49. The Labute approximate surface area is 156 Å². The van der Waals surface area contributed by atoms with E-state index in [4.69, 9.17) is 0 Å². The second kappa shape index (κ2) is 6.38. The highest BCUT2D eigenvalue weighted by Crippen LogP contribution is 2.36.